The second-order valence-corrected chi connectivity index (χ2v) is 6.99. The van der Waals surface area contributed by atoms with Gasteiger partial charge in [0.1, 0.15) is 29.6 Å². The maximum absolute atomic E-state index is 12.8. The lowest BCUT2D eigenvalue weighted by atomic mass is 10.0. The molecule has 0 aliphatic rings. The van der Waals surface area contributed by atoms with Crippen LogP contribution >= 0.6 is 0 Å². The van der Waals surface area contributed by atoms with E-state index in [4.69, 9.17) is 10.8 Å². The van der Waals surface area contributed by atoms with Crippen molar-refractivity contribution in [2.45, 2.75) is 31.0 Å². The first kappa shape index (κ1) is 23.6. The smallest absolute Gasteiger partial charge is 0.326 e. The third kappa shape index (κ3) is 7.28. The fraction of sp³-hybridized carbons (Fsp3) is 0.286. The normalized spacial score (nSPS) is 13.6. The molecule has 31 heavy (non-hydrogen) atoms. The number of phenols is 2. The number of nitrogens with one attached hydrogen (secondary N) is 2. The summed E-state index contributed by atoms with van der Waals surface area (Å²) in [6.07, 6.45) is -0.0427. The Labute approximate surface area is 178 Å². The Morgan fingerprint density at radius 2 is 1.19 bits per heavy atom. The third-order valence-electron chi connectivity index (χ3n) is 4.53. The molecule has 3 unspecified atom stereocenters. The second-order valence-electron chi connectivity index (χ2n) is 6.99. The molecule has 166 valence electrons. The summed E-state index contributed by atoms with van der Waals surface area (Å²) in [4.78, 5) is 36.6. The summed E-state index contributed by atoms with van der Waals surface area (Å²) < 4.78 is 0. The third-order valence-corrected chi connectivity index (χ3v) is 4.53. The number of nitrogens with two attached hydrogens (primary N) is 1. The van der Waals surface area contributed by atoms with E-state index in [1.54, 1.807) is 12.1 Å². The van der Waals surface area contributed by atoms with Gasteiger partial charge in [-0.1, -0.05) is 24.3 Å². The molecule has 0 bridgehead atoms. The van der Waals surface area contributed by atoms with Crippen LogP contribution in [0.5, 0.6) is 11.5 Å². The van der Waals surface area contributed by atoms with Gasteiger partial charge in [0, 0.05) is 12.8 Å². The largest absolute Gasteiger partial charge is 0.508 e. The molecule has 0 saturated carbocycles. The zero-order valence-electron chi connectivity index (χ0n) is 16.6. The highest BCUT2D eigenvalue weighted by atomic mass is 16.4. The van der Waals surface area contributed by atoms with Crippen molar-refractivity contribution in [3.8, 4) is 11.5 Å². The first-order valence-electron chi connectivity index (χ1n) is 9.45. The molecule has 3 atom stereocenters. The number of hydrogen-bond donors (Lipinski definition) is 7. The van der Waals surface area contributed by atoms with Crippen molar-refractivity contribution < 1.29 is 34.8 Å². The fourth-order valence-corrected chi connectivity index (χ4v) is 2.78. The van der Waals surface area contributed by atoms with Crippen LogP contribution in [0.25, 0.3) is 0 Å². The number of aliphatic hydroxyl groups excluding tert-OH is 1. The minimum absolute atomic E-state index is 0.00154. The molecule has 8 N–H and O–H groups in total. The number of hydrogen-bond acceptors (Lipinski definition) is 7. The van der Waals surface area contributed by atoms with E-state index >= 15 is 0 Å². The molecule has 2 amide bonds. The molecule has 0 heterocycles. The molecule has 0 saturated heterocycles. The van der Waals surface area contributed by atoms with Gasteiger partial charge in [0.2, 0.25) is 11.8 Å². The van der Waals surface area contributed by atoms with E-state index in [0.717, 1.165) is 0 Å². The van der Waals surface area contributed by atoms with Gasteiger partial charge < -0.3 is 36.8 Å². The summed E-state index contributed by atoms with van der Waals surface area (Å²) in [5.74, 6) is -2.75. The van der Waals surface area contributed by atoms with Gasteiger partial charge in [0.05, 0.1) is 6.61 Å². The number of carbonyl (C=O) groups is 3. The predicted octanol–water partition coefficient (Wildman–Crippen LogP) is -0.743. The molecule has 0 spiro atoms. The number of carboxylic acids is 1. The molecule has 0 aliphatic heterocycles. The number of benzene rings is 2. The average Bonchev–Trinajstić information content (AvgIpc) is 2.74. The Kier molecular flexibility index (Phi) is 8.35. The number of aliphatic hydroxyl groups is 1. The van der Waals surface area contributed by atoms with Gasteiger partial charge in [-0.2, -0.15) is 0 Å². The monoisotopic (exact) mass is 431 g/mol. The lowest BCUT2D eigenvalue weighted by Gasteiger charge is -2.23. The maximum atomic E-state index is 12.8. The predicted molar refractivity (Wildman–Crippen MR) is 110 cm³/mol. The number of aliphatic carboxylic acids is 1. The van der Waals surface area contributed by atoms with E-state index in [1.165, 1.54) is 36.4 Å². The first-order valence-corrected chi connectivity index (χ1v) is 9.45. The summed E-state index contributed by atoms with van der Waals surface area (Å²) >= 11 is 0. The number of rotatable bonds is 10. The molecule has 2 aromatic carbocycles. The molecular formula is C21H25N3O7. The molecule has 0 radical (unpaired) electrons. The van der Waals surface area contributed by atoms with Crippen LogP contribution in [0.2, 0.25) is 0 Å². The van der Waals surface area contributed by atoms with E-state index in [9.17, 15) is 29.7 Å². The molecule has 0 aliphatic carbocycles. The average molecular weight is 431 g/mol. The number of amides is 2. The van der Waals surface area contributed by atoms with Gasteiger partial charge in [0.25, 0.3) is 0 Å². The summed E-state index contributed by atoms with van der Waals surface area (Å²) in [5, 5.41) is 42.2. The summed E-state index contributed by atoms with van der Waals surface area (Å²) in [6, 6.07) is 8.10. The van der Waals surface area contributed by atoms with Crippen molar-refractivity contribution in [1.29, 1.82) is 0 Å². The van der Waals surface area contributed by atoms with Crippen LogP contribution in [0.3, 0.4) is 0 Å². The number of phenolic OH excluding ortho intramolecular Hbond substituents is 2. The minimum Gasteiger partial charge on any atom is -0.508 e. The van der Waals surface area contributed by atoms with Crippen LogP contribution in [0, 0.1) is 0 Å². The summed E-state index contributed by atoms with van der Waals surface area (Å²) in [6.45, 7) is -0.627. The van der Waals surface area contributed by atoms with Crippen molar-refractivity contribution in [2.24, 2.45) is 5.73 Å². The molecule has 10 heteroatoms. The maximum Gasteiger partial charge on any atom is 0.326 e. The standard InChI is InChI=1S/C21H25N3O7/c22-16(11-25)19(28)23-17(9-12-1-5-14(26)6-2-12)20(29)24-18(21(30)31)10-13-3-7-15(27)8-4-13/h1-8,16-18,25-27H,9-11,22H2,(H,23,28)(H,24,29)(H,30,31). The van der Waals surface area contributed by atoms with Crippen molar-refractivity contribution in [2.75, 3.05) is 6.61 Å². The molecule has 10 nitrogen and oxygen atoms in total. The molecule has 2 aromatic rings. The minimum atomic E-state index is -1.29. The Bertz CT molecular complexity index is 900. The quantitative estimate of drug-likeness (QED) is 0.256. The van der Waals surface area contributed by atoms with Crippen molar-refractivity contribution >= 4 is 17.8 Å². The Morgan fingerprint density at radius 3 is 1.61 bits per heavy atom. The lowest BCUT2D eigenvalue weighted by Crippen LogP contribution is -2.56. The van der Waals surface area contributed by atoms with Gasteiger partial charge in [0.15, 0.2) is 0 Å². The number of carboxylic acid groups (broad SMARTS) is 1. The van der Waals surface area contributed by atoms with Crippen LogP contribution in [0.1, 0.15) is 11.1 Å². The van der Waals surface area contributed by atoms with Gasteiger partial charge >= 0.3 is 5.97 Å². The number of carbonyl (C=O) groups excluding carboxylic acids is 2. The van der Waals surface area contributed by atoms with Crippen molar-refractivity contribution in [3.05, 3.63) is 59.7 Å². The summed E-state index contributed by atoms with van der Waals surface area (Å²) in [5.41, 5.74) is 6.67. The molecule has 0 fully saturated rings. The van der Waals surface area contributed by atoms with Gasteiger partial charge in [-0.25, -0.2) is 4.79 Å². The van der Waals surface area contributed by atoms with Crippen LogP contribution in [-0.2, 0) is 27.2 Å². The molecule has 0 aromatic heterocycles. The van der Waals surface area contributed by atoms with Crippen LogP contribution < -0.4 is 16.4 Å². The fourth-order valence-electron chi connectivity index (χ4n) is 2.78. The Morgan fingerprint density at radius 1 is 0.774 bits per heavy atom. The highest BCUT2D eigenvalue weighted by molar-refractivity contribution is 5.92. The van der Waals surface area contributed by atoms with Crippen molar-refractivity contribution in [3.63, 3.8) is 0 Å². The van der Waals surface area contributed by atoms with Crippen LogP contribution in [0.15, 0.2) is 48.5 Å². The van der Waals surface area contributed by atoms with Crippen LogP contribution in [0.4, 0.5) is 0 Å². The van der Waals surface area contributed by atoms with Gasteiger partial charge in [-0.05, 0) is 35.4 Å². The number of aromatic hydroxyl groups is 2. The first-order chi connectivity index (χ1) is 14.7. The van der Waals surface area contributed by atoms with E-state index in [-0.39, 0.29) is 24.3 Å². The second kappa shape index (κ2) is 11.0. The zero-order valence-corrected chi connectivity index (χ0v) is 16.6. The Balaban J connectivity index is 2.17. The van der Waals surface area contributed by atoms with E-state index in [0.29, 0.717) is 11.1 Å². The zero-order chi connectivity index (χ0) is 23.0. The highest BCUT2D eigenvalue weighted by Gasteiger charge is 2.28. The van der Waals surface area contributed by atoms with Crippen LogP contribution in [-0.4, -0.2) is 62.9 Å². The lowest BCUT2D eigenvalue weighted by molar-refractivity contribution is -0.142. The Hall–Kier alpha value is -3.63. The van der Waals surface area contributed by atoms with Gasteiger partial charge in [-0.15, -0.1) is 0 Å². The van der Waals surface area contributed by atoms with Crippen molar-refractivity contribution in [1.82, 2.24) is 10.6 Å². The van der Waals surface area contributed by atoms with Gasteiger partial charge in [-0.3, -0.25) is 9.59 Å². The van der Waals surface area contributed by atoms with E-state index < -0.39 is 42.5 Å². The summed E-state index contributed by atoms with van der Waals surface area (Å²) in [7, 11) is 0. The SMILES string of the molecule is NC(CO)C(=O)NC(Cc1ccc(O)cc1)C(=O)NC(Cc1ccc(O)cc1)C(=O)O. The highest BCUT2D eigenvalue weighted by Crippen LogP contribution is 2.13. The molecular weight excluding hydrogens is 406 g/mol. The van der Waals surface area contributed by atoms with E-state index in [2.05, 4.69) is 10.6 Å². The topological polar surface area (TPSA) is 182 Å². The molecule has 2 rings (SSSR count). The van der Waals surface area contributed by atoms with E-state index in [1.807, 2.05) is 0 Å².